The first-order valence-electron chi connectivity index (χ1n) is 10.4. The molecule has 0 unspecified atom stereocenters. The molecule has 5 rings (SSSR count). The Balaban J connectivity index is 1.84. The summed E-state index contributed by atoms with van der Waals surface area (Å²) in [6.45, 7) is 6.57. The highest BCUT2D eigenvalue weighted by Gasteiger charge is 2.44. The Morgan fingerprint density at radius 3 is 2.78 bits per heavy atom. The number of aromatic hydroxyl groups is 1. The summed E-state index contributed by atoms with van der Waals surface area (Å²) < 4.78 is 35.9. The van der Waals surface area contributed by atoms with Gasteiger partial charge in [0.1, 0.15) is 28.4 Å². The number of anilines is 1. The molecule has 10 nitrogen and oxygen atoms in total. The number of ether oxygens (including phenoxy) is 2. The van der Waals surface area contributed by atoms with E-state index >= 15 is 0 Å². The zero-order chi connectivity index (χ0) is 22.8. The van der Waals surface area contributed by atoms with Gasteiger partial charge < -0.3 is 24.5 Å². The minimum atomic E-state index is -3.57. The molecule has 0 radical (unpaired) electrons. The summed E-state index contributed by atoms with van der Waals surface area (Å²) in [7, 11) is -3.57. The first-order chi connectivity index (χ1) is 15.1. The first-order valence-corrected chi connectivity index (χ1v) is 12.2. The van der Waals surface area contributed by atoms with Crippen LogP contribution < -0.4 is 9.64 Å². The van der Waals surface area contributed by atoms with E-state index in [-0.39, 0.29) is 29.4 Å². The van der Waals surface area contributed by atoms with Crippen LogP contribution in [0.5, 0.6) is 11.5 Å². The second-order valence-corrected chi connectivity index (χ2v) is 11.4. The molecule has 170 valence electrons. The number of pyridine rings is 1. The number of hydrogen-bond donors (Lipinski definition) is 2. The van der Waals surface area contributed by atoms with E-state index in [1.165, 1.54) is 12.5 Å². The summed E-state index contributed by atoms with van der Waals surface area (Å²) in [6.07, 6.45) is 4.22. The Kier molecular flexibility index (Phi) is 4.61. The molecule has 2 aliphatic heterocycles. The molecule has 0 saturated carbocycles. The quantitative estimate of drug-likeness (QED) is 0.604. The van der Waals surface area contributed by atoms with Crippen LogP contribution in [0.2, 0.25) is 0 Å². The van der Waals surface area contributed by atoms with Gasteiger partial charge in [-0.2, -0.15) is 0 Å². The van der Waals surface area contributed by atoms with Crippen molar-refractivity contribution in [3.63, 3.8) is 0 Å². The van der Waals surface area contributed by atoms with Crippen LogP contribution in [0.4, 0.5) is 5.82 Å². The molecule has 0 spiro atoms. The van der Waals surface area contributed by atoms with E-state index in [4.69, 9.17) is 14.5 Å². The Bertz CT molecular complexity index is 1320. The number of H-pyrrole nitrogens is 1. The SMILES string of the molecule is C[C@@H]1COC[C@H]2COc3c(nc(-c4c(O)cnc5[nH]ccc45)nc3C(C)(C)S(C)(=O)=O)N21. The molecule has 2 aliphatic rings. The van der Waals surface area contributed by atoms with Crippen molar-refractivity contribution < 1.29 is 23.0 Å². The van der Waals surface area contributed by atoms with Crippen LogP contribution in [0.3, 0.4) is 0 Å². The second-order valence-electron chi connectivity index (χ2n) is 8.85. The normalized spacial score (nSPS) is 21.2. The lowest BCUT2D eigenvalue weighted by Crippen LogP contribution is -2.56. The highest BCUT2D eigenvalue weighted by atomic mass is 32.2. The number of nitrogens with zero attached hydrogens (tertiary/aromatic N) is 4. The van der Waals surface area contributed by atoms with Crippen LogP contribution in [0.15, 0.2) is 18.5 Å². The van der Waals surface area contributed by atoms with E-state index in [1.807, 2.05) is 6.92 Å². The number of sulfone groups is 1. The summed E-state index contributed by atoms with van der Waals surface area (Å²) in [5.74, 6) is 0.980. The van der Waals surface area contributed by atoms with Gasteiger partial charge in [0.2, 0.25) is 0 Å². The maximum absolute atomic E-state index is 12.8. The van der Waals surface area contributed by atoms with E-state index in [1.54, 1.807) is 26.1 Å². The lowest BCUT2D eigenvalue weighted by atomic mass is 10.0. The molecule has 0 amide bonds. The van der Waals surface area contributed by atoms with Gasteiger partial charge in [0.25, 0.3) is 0 Å². The zero-order valence-corrected chi connectivity index (χ0v) is 19.1. The smallest absolute Gasteiger partial charge is 0.185 e. The minimum Gasteiger partial charge on any atom is -0.506 e. The summed E-state index contributed by atoms with van der Waals surface area (Å²) in [5, 5.41) is 11.3. The number of rotatable bonds is 3. The van der Waals surface area contributed by atoms with Gasteiger partial charge in [-0.3, -0.25) is 0 Å². The molecule has 0 aromatic carbocycles. The molecule has 32 heavy (non-hydrogen) atoms. The van der Waals surface area contributed by atoms with Gasteiger partial charge in [0.05, 0.1) is 37.1 Å². The maximum Gasteiger partial charge on any atom is 0.185 e. The van der Waals surface area contributed by atoms with Gasteiger partial charge in [0.15, 0.2) is 27.2 Å². The molecule has 2 N–H and O–H groups in total. The van der Waals surface area contributed by atoms with Crippen LogP contribution >= 0.6 is 0 Å². The molecule has 1 fully saturated rings. The second kappa shape index (κ2) is 7.04. The standard InChI is InChI=1S/C21H25N5O5S/c1-11-8-30-9-12-10-31-16-17(21(2,3)32(4,28)29)24-19(25-20(16)26(11)12)15-13-5-6-22-18(13)23-7-14(15)27/h5-7,11-12,27H,8-10H2,1-4H3,(H,22,23)/t11-,12+/m1/s1. The molecule has 3 aromatic heterocycles. The predicted octanol–water partition coefficient (Wildman–Crippen LogP) is 1.99. The molecule has 0 bridgehead atoms. The molecule has 0 aliphatic carbocycles. The molecule has 5 heterocycles. The van der Waals surface area contributed by atoms with Crippen LogP contribution in [-0.2, 0) is 19.3 Å². The van der Waals surface area contributed by atoms with Crippen molar-refractivity contribution in [2.24, 2.45) is 0 Å². The van der Waals surface area contributed by atoms with Crippen LogP contribution in [-0.4, -0.2) is 71.6 Å². The zero-order valence-electron chi connectivity index (χ0n) is 18.3. The predicted molar refractivity (Wildman–Crippen MR) is 119 cm³/mol. The van der Waals surface area contributed by atoms with Gasteiger partial charge in [-0.25, -0.2) is 23.4 Å². The molecule has 3 aromatic rings. The molecule has 2 atom stereocenters. The number of hydrogen-bond acceptors (Lipinski definition) is 9. The lowest BCUT2D eigenvalue weighted by molar-refractivity contribution is 0.0482. The molecule has 11 heteroatoms. The molecular formula is C21H25N5O5S. The van der Waals surface area contributed by atoms with Gasteiger partial charge in [-0.15, -0.1) is 0 Å². The number of morpholine rings is 1. The topological polar surface area (TPSA) is 131 Å². The van der Waals surface area contributed by atoms with Crippen molar-refractivity contribution in [2.75, 3.05) is 31.0 Å². The number of fused-ring (bicyclic) bond motifs is 4. The van der Waals surface area contributed by atoms with Crippen molar-refractivity contribution >= 4 is 26.7 Å². The third kappa shape index (κ3) is 3.02. The average molecular weight is 460 g/mol. The summed E-state index contributed by atoms with van der Waals surface area (Å²) in [4.78, 5) is 18.8. The van der Waals surface area contributed by atoms with Crippen molar-refractivity contribution in [3.05, 3.63) is 24.2 Å². The Morgan fingerprint density at radius 1 is 1.25 bits per heavy atom. The fourth-order valence-corrected chi connectivity index (χ4v) is 4.75. The fraction of sp³-hybridized carbons (Fsp3) is 0.476. The number of aromatic amines is 1. The first kappa shape index (κ1) is 21.0. The minimum absolute atomic E-state index is 0.00617. The van der Waals surface area contributed by atoms with E-state index in [2.05, 4.69) is 19.9 Å². The monoisotopic (exact) mass is 459 g/mol. The van der Waals surface area contributed by atoms with Gasteiger partial charge >= 0.3 is 0 Å². The van der Waals surface area contributed by atoms with Crippen molar-refractivity contribution in [2.45, 2.75) is 37.6 Å². The van der Waals surface area contributed by atoms with E-state index in [9.17, 15) is 13.5 Å². The average Bonchev–Trinajstić information content (AvgIpc) is 3.20. The van der Waals surface area contributed by atoms with Crippen LogP contribution in [0.1, 0.15) is 26.5 Å². The van der Waals surface area contributed by atoms with Crippen LogP contribution in [0.25, 0.3) is 22.4 Å². The van der Waals surface area contributed by atoms with E-state index in [0.717, 1.165) is 0 Å². The lowest BCUT2D eigenvalue weighted by Gasteiger charge is -2.45. The molecular weight excluding hydrogens is 434 g/mol. The highest BCUT2D eigenvalue weighted by Crippen LogP contribution is 2.45. The van der Waals surface area contributed by atoms with Crippen molar-refractivity contribution in [1.82, 2.24) is 19.9 Å². The summed E-state index contributed by atoms with van der Waals surface area (Å²) >= 11 is 0. The van der Waals surface area contributed by atoms with E-state index < -0.39 is 14.6 Å². The van der Waals surface area contributed by atoms with Crippen LogP contribution in [0, 0.1) is 0 Å². The largest absolute Gasteiger partial charge is 0.506 e. The van der Waals surface area contributed by atoms with Gasteiger partial charge in [0, 0.05) is 17.8 Å². The Labute approximate surface area is 185 Å². The van der Waals surface area contributed by atoms with Gasteiger partial charge in [-0.1, -0.05) is 0 Å². The maximum atomic E-state index is 12.8. The third-order valence-electron chi connectivity index (χ3n) is 6.34. The third-order valence-corrected chi connectivity index (χ3v) is 8.38. The van der Waals surface area contributed by atoms with Gasteiger partial charge in [-0.05, 0) is 26.8 Å². The highest BCUT2D eigenvalue weighted by molar-refractivity contribution is 7.91. The van der Waals surface area contributed by atoms with Crippen molar-refractivity contribution in [1.29, 1.82) is 0 Å². The number of nitrogens with one attached hydrogen (secondary N) is 1. The Morgan fingerprint density at radius 2 is 2.03 bits per heavy atom. The summed E-state index contributed by atoms with van der Waals surface area (Å²) in [5.41, 5.74) is 1.21. The number of aromatic nitrogens is 4. The van der Waals surface area contributed by atoms with E-state index in [0.29, 0.717) is 48.0 Å². The molecule has 1 saturated heterocycles. The summed E-state index contributed by atoms with van der Waals surface area (Å²) in [6, 6.07) is 1.73. The Hall–Kier alpha value is -2.92. The fourth-order valence-electron chi connectivity index (χ4n) is 4.26. The van der Waals surface area contributed by atoms with Crippen molar-refractivity contribution in [3.8, 4) is 22.9 Å².